The van der Waals surface area contributed by atoms with Crippen molar-refractivity contribution in [2.24, 2.45) is 22.7 Å². The van der Waals surface area contributed by atoms with Crippen LogP contribution in [0.1, 0.15) is 73.1 Å². The third kappa shape index (κ3) is 2.99. The number of rotatable bonds is 4. The Bertz CT molecular complexity index is 433. The Morgan fingerprint density at radius 2 is 2.10 bits per heavy atom. The smallest absolute Gasteiger partial charge is 0.0614 e. The molecule has 120 valence electrons. The topological polar surface area (TPSA) is 20.2 Å². The molecule has 0 aromatic rings. The van der Waals surface area contributed by atoms with Gasteiger partial charge in [-0.3, -0.25) is 0 Å². The van der Waals surface area contributed by atoms with Gasteiger partial charge in [-0.1, -0.05) is 44.1 Å². The minimum Gasteiger partial charge on any atom is -0.392 e. The van der Waals surface area contributed by atoms with Gasteiger partial charge in [-0.05, 0) is 75.0 Å². The lowest BCUT2D eigenvalue weighted by Gasteiger charge is -2.58. The summed E-state index contributed by atoms with van der Waals surface area (Å²) in [4.78, 5) is 0. The second kappa shape index (κ2) is 6.28. The molecule has 0 radical (unpaired) electrons. The Morgan fingerprint density at radius 3 is 2.76 bits per heavy atom. The predicted octanol–water partition coefficient (Wildman–Crippen LogP) is 5.50. The van der Waals surface area contributed by atoms with Crippen LogP contribution in [0.4, 0.5) is 0 Å². The van der Waals surface area contributed by atoms with Crippen LogP contribution in [0.3, 0.4) is 0 Å². The summed E-state index contributed by atoms with van der Waals surface area (Å²) in [6, 6.07) is 0. The van der Waals surface area contributed by atoms with Crippen LogP contribution < -0.4 is 0 Å². The maximum Gasteiger partial charge on any atom is 0.0614 e. The number of hydrogen-bond donors (Lipinski definition) is 1. The predicted molar refractivity (Wildman–Crippen MR) is 91.2 cm³/mol. The molecule has 0 spiro atoms. The van der Waals surface area contributed by atoms with Crippen LogP contribution in [0.25, 0.3) is 0 Å². The number of aliphatic hydroxyl groups excluding tert-OH is 1. The number of hydrogen-bond acceptors (Lipinski definition) is 1. The molecule has 2 aliphatic rings. The maximum atomic E-state index is 9.07. The van der Waals surface area contributed by atoms with Gasteiger partial charge in [-0.15, -0.1) is 0 Å². The molecule has 1 N–H and O–H groups in total. The van der Waals surface area contributed by atoms with Gasteiger partial charge in [-0.2, -0.15) is 0 Å². The minimum atomic E-state index is 0.182. The Hall–Kier alpha value is -0.560. The zero-order chi connectivity index (χ0) is 15.7. The highest BCUT2D eigenvalue weighted by Gasteiger charge is 2.52. The fraction of sp³-hybridized carbons (Fsp3) is 0.800. The minimum absolute atomic E-state index is 0.182. The highest BCUT2D eigenvalue weighted by atomic mass is 16.2. The fourth-order valence-corrected chi connectivity index (χ4v) is 5.06. The second-order valence-electron chi connectivity index (χ2n) is 8.11. The molecule has 21 heavy (non-hydrogen) atoms. The summed E-state index contributed by atoms with van der Waals surface area (Å²) in [6.45, 7) is 12.2. The van der Waals surface area contributed by atoms with Crippen molar-refractivity contribution in [3.8, 4) is 0 Å². The van der Waals surface area contributed by atoms with E-state index in [2.05, 4.69) is 40.7 Å². The van der Waals surface area contributed by atoms with E-state index >= 15 is 0 Å². The SMILES string of the molecule is CC1=CCCC2[C@@]1(C)CC[C@@H](C)[C@]2(C)CC/C(C)=C/CO. The molecule has 4 atom stereocenters. The average molecular weight is 290 g/mol. The molecule has 2 rings (SSSR count). The van der Waals surface area contributed by atoms with Gasteiger partial charge in [-0.25, -0.2) is 0 Å². The van der Waals surface area contributed by atoms with Crippen LogP contribution in [-0.4, -0.2) is 11.7 Å². The molecule has 0 aromatic heterocycles. The van der Waals surface area contributed by atoms with E-state index in [1.165, 1.54) is 37.7 Å². The Morgan fingerprint density at radius 1 is 1.38 bits per heavy atom. The van der Waals surface area contributed by atoms with Gasteiger partial charge < -0.3 is 5.11 Å². The van der Waals surface area contributed by atoms with Gasteiger partial charge in [0.05, 0.1) is 6.61 Å². The summed E-state index contributed by atoms with van der Waals surface area (Å²) in [5.74, 6) is 1.63. The van der Waals surface area contributed by atoms with E-state index in [0.717, 1.165) is 18.3 Å². The van der Waals surface area contributed by atoms with Gasteiger partial charge in [0.15, 0.2) is 0 Å². The van der Waals surface area contributed by atoms with Gasteiger partial charge in [0, 0.05) is 0 Å². The summed E-state index contributed by atoms with van der Waals surface area (Å²) in [7, 11) is 0. The van der Waals surface area contributed by atoms with E-state index in [0.29, 0.717) is 10.8 Å². The molecule has 1 saturated carbocycles. The molecule has 0 heterocycles. The van der Waals surface area contributed by atoms with Gasteiger partial charge in [0.1, 0.15) is 0 Å². The highest BCUT2D eigenvalue weighted by molar-refractivity contribution is 5.21. The van der Waals surface area contributed by atoms with E-state index < -0.39 is 0 Å². The van der Waals surface area contributed by atoms with Gasteiger partial charge >= 0.3 is 0 Å². The molecule has 1 heteroatoms. The number of fused-ring (bicyclic) bond motifs is 1. The van der Waals surface area contributed by atoms with Crippen LogP contribution in [-0.2, 0) is 0 Å². The Kier molecular flexibility index (Phi) is 5.03. The molecule has 0 aliphatic heterocycles. The third-order valence-corrected chi connectivity index (χ3v) is 7.09. The lowest BCUT2D eigenvalue weighted by atomic mass is 9.47. The van der Waals surface area contributed by atoms with Crippen LogP contribution in [0.15, 0.2) is 23.3 Å². The number of aliphatic hydroxyl groups is 1. The van der Waals surface area contributed by atoms with Crippen molar-refractivity contribution in [1.29, 1.82) is 0 Å². The van der Waals surface area contributed by atoms with Crippen molar-refractivity contribution < 1.29 is 5.11 Å². The largest absolute Gasteiger partial charge is 0.392 e. The molecule has 1 fully saturated rings. The summed E-state index contributed by atoms with van der Waals surface area (Å²) < 4.78 is 0. The molecular weight excluding hydrogens is 256 g/mol. The second-order valence-corrected chi connectivity index (χ2v) is 8.11. The monoisotopic (exact) mass is 290 g/mol. The summed E-state index contributed by atoms with van der Waals surface area (Å²) in [5, 5.41) is 9.07. The summed E-state index contributed by atoms with van der Waals surface area (Å²) >= 11 is 0. The molecule has 0 amide bonds. The lowest BCUT2D eigenvalue weighted by molar-refractivity contribution is -0.0466. The quantitative estimate of drug-likeness (QED) is 0.677. The maximum absolute atomic E-state index is 9.07. The van der Waals surface area contributed by atoms with E-state index in [9.17, 15) is 0 Å². The van der Waals surface area contributed by atoms with E-state index in [4.69, 9.17) is 5.11 Å². The van der Waals surface area contributed by atoms with Gasteiger partial charge in [0.25, 0.3) is 0 Å². The molecule has 0 saturated heterocycles. The van der Waals surface area contributed by atoms with Crippen LogP contribution >= 0.6 is 0 Å². The van der Waals surface area contributed by atoms with E-state index in [1.807, 2.05) is 6.08 Å². The van der Waals surface area contributed by atoms with Gasteiger partial charge in [0.2, 0.25) is 0 Å². The van der Waals surface area contributed by atoms with Crippen molar-refractivity contribution in [2.75, 3.05) is 6.61 Å². The lowest BCUT2D eigenvalue weighted by Crippen LogP contribution is -2.49. The van der Waals surface area contributed by atoms with Crippen molar-refractivity contribution >= 4 is 0 Å². The van der Waals surface area contributed by atoms with E-state index in [1.54, 1.807) is 5.57 Å². The van der Waals surface area contributed by atoms with Crippen molar-refractivity contribution in [3.63, 3.8) is 0 Å². The zero-order valence-electron chi connectivity index (χ0n) is 14.7. The first kappa shape index (κ1) is 16.8. The van der Waals surface area contributed by atoms with Crippen LogP contribution in [0.2, 0.25) is 0 Å². The first-order valence-electron chi connectivity index (χ1n) is 8.78. The first-order chi connectivity index (χ1) is 9.84. The molecular formula is C20H34O. The van der Waals surface area contributed by atoms with Crippen LogP contribution in [0.5, 0.6) is 0 Å². The molecule has 0 aromatic carbocycles. The Balaban J connectivity index is 2.23. The number of allylic oxidation sites excluding steroid dienone is 3. The molecule has 2 aliphatic carbocycles. The van der Waals surface area contributed by atoms with Crippen molar-refractivity contribution in [2.45, 2.75) is 73.1 Å². The Labute approximate surface area is 131 Å². The average Bonchev–Trinajstić information content (AvgIpc) is 2.44. The van der Waals surface area contributed by atoms with E-state index in [-0.39, 0.29) is 6.61 Å². The molecule has 1 unspecified atom stereocenters. The van der Waals surface area contributed by atoms with Crippen molar-refractivity contribution in [3.05, 3.63) is 23.3 Å². The van der Waals surface area contributed by atoms with Crippen LogP contribution in [0, 0.1) is 22.7 Å². The zero-order valence-corrected chi connectivity index (χ0v) is 14.7. The summed E-state index contributed by atoms with van der Waals surface area (Å²) in [6.07, 6.45) is 12.2. The third-order valence-electron chi connectivity index (χ3n) is 7.09. The summed E-state index contributed by atoms with van der Waals surface area (Å²) in [5.41, 5.74) is 3.85. The standard InChI is InChI=1S/C20H34O/c1-15(11-14-21)9-12-19(4)17(3)10-13-20(5)16(2)7-6-8-18(19)20/h7,11,17-18,21H,6,8-10,12-14H2,1-5H3/b15-11+/t17-,18?,19+,20+/m1/s1. The fourth-order valence-electron chi connectivity index (χ4n) is 5.06. The van der Waals surface area contributed by atoms with Crippen molar-refractivity contribution in [1.82, 2.24) is 0 Å². The molecule has 0 bridgehead atoms. The normalized spacial score (nSPS) is 40.7. The molecule has 1 nitrogen and oxygen atoms in total. The first-order valence-corrected chi connectivity index (χ1v) is 8.78. The highest BCUT2D eigenvalue weighted by Crippen LogP contribution is 2.61.